The molecule has 0 spiro atoms. The third kappa shape index (κ3) is 13.4. The van der Waals surface area contributed by atoms with E-state index in [9.17, 15) is 14.0 Å². The van der Waals surface area contributed by atoms with Gasteiger partial charge >= 0.3 is 11.9 Å². The monoisotopic (exact) mass is 598 g/mol. The highest BCUT2D eigenvalue weighted by Gasteiger charge is 2.27. The molecule has 0 N–H and O–H groups in total. The third-order valence-corrected chi connectivity index (χ3v) is 8.02. The number of carbonyl (C=O) groups excluding carboxylic acids is 2. The highest BCUT2D eigenvalue weighted by Crippen LogP contribution is 2.28. The number of alkyl halides is 1. The first-order valence-electron chi connectivity index (χ1n) is 16.5. The molecule has 0 aliphatic heterocycles. The molecule has 7 heteroatoms. The molecule has 0 aromatic heterocycles. The maximum Gasteiger partial charge on any atom is 0.343 e. The molecule has 1 fully saturated rings. The van der Waals surface area contributed by atoms with Crippen molar-refractivity contribution in [1.82, 2.24) is 0 Å². The lowest BCUT2D eigenvalue weighted by molar-refractivity contribution is -0.157. The van der Waals surface area contributed by atoms with Gasteiger partial charge in [-0.3, -0.25) is 0 Å². The van der Waals surface area contributed by atoms with E-state index in [1.165, 1.54) is 44.9 Å². The van der Waals surface area contributed by atoms with Crippen LogP contribution in [0.15, 0.2) is 48.5 Å². The average molecular weight is 599 g/mol. The quantitative estimate of drug-likeness (QED) is 0.0859. The van der Waals surface area contributed by atoms with Crippen molar-refractivity contribution in [3.05, 3.63) is 54.1 Å². The van der Waals surface area contributed by atoms with Gasteiger partial charge in [-0.25, -0.2) is 14.0 Å². The second-order valence-electron chi connectivity index (χ2n) is 11.7. The van der Waals surface area contributed by atoms with Crippen molar-refractivity contribution in [2.24, 2.45) is 5.92 Å². The van der Waals surface area contributed by atoms with Crippen molar-refractivity contribution < 1.29 is 32.9 Å². The summed E-state index contributed by atoms with van der Waals surface area (Å²) < 4.78 is 36.6. The Morgan fingerprint density at radius 1 is 0.721 bits per heavy atom. The zero-order valence-corrected chi connectivity index (χ0v) is 26.2. The van der Waals surface area contributed by atoms with Crippen molar-refractivity contribution in [3.63, 3.8) is 0 Å². The van der Waals surface area contributed by atoms with Crippen LogP contribution in [0, 0.1) is 5.92 Å². The fourth-order valence-electron chi connectivity index (χ4n) is 5.25. The molecule has 1 aliphatic carbocycles. The topological polar surface area (TPSA) is 71.1 Å². The number of unbranched alkanes of at least 4 members (excludes halogenated alkanes) is 8. The van der Waals surface area contributed by atoms with Gasteiger partial charge in [0.2, 0.25) is 0 Å². The molecule has 1 atom stereocenters. The molecular formula is C36H51FO6. The Hall–Kier alpha value is -3.09. The van der Waals surface area contributed by atoms with Crippen molar-refractivity contribution in [1.29, 1.82) is 0 Å². The van der Waals surface area contributed by atoms with Crippen LogP contribution < -0.4 is 14.2 Å². The maximum absolute atomic E-state index is 13.9. The number of benzene rings is 2. The van der Waals surface area contributed by atoms with E-state index in [4.69, 9.17) is 18.9 Å². The molecule has 238 valence electrons. The number of carbonyl (C=O) groups is 2. The number of ether oxygens (including phenoxy) is 4. The second kappa shape index (κ2) is 20.0. The minimum absolute atomic E-state index is 0.207. The van der Waals surface area contributed by atoms with E-state index in [2.05, 4.69) is 6.92 Å². The summed E-state index contributed by atoms with van der Waals surface area (Å²) in [5, 5.41) is 0. The van der Waals surface area contributed by atoms with Gasteiger partial charge < -0.3 is 18.9 Å². The molecule has 0 saturated heterocycles. The highest BCUT2D eigenvalue weighted by molar-refractivity contribution is 5.91. The van der Waals surface area contributed by atoms with Crippen LogP contribution in [-0.4, -0.2) is 37.4 Å². The van der Waals surface area contributed by atoms with Crippen LogP contribution in [0.3, 0.4) is 0 Å². The summed E-state index contributed by atoms with van der Waals surface area (Å²) in [7, 11) is 0. The molecule has 0 heterocycles. The van der Waals surface area contributed by atoms with Gasteiger partial charge in [0.05, 0.1) is 18.8 Å². The van der Waals surface area contributed by atoms with Crippen LogP contribution in [0.4, 0.5) is 4.39 Å². The Balaban J connectivity index is 1.29. The average Bonchev–Trinajstić information content (AvgIpc) is 3.03. The van der Waals surface area contributed by atoms with Gasteiger partial charge in [-0.1, -0.05) is 71.6 Å². The molecule has 43 heavy (non-hydrogen) atoms. The maximum atomic E-state index is 13.9. The first-order chi connectivity index (χ1) is 21.0. The minimum Gasteiger partial charge on any atom is -0.494 e. The van der Waals surface area contributed by atoms with E-state index in [0.717, 1.165) is 44.3 Å². The molecule has 1 aliphatic rings. The van der Waals surface area contributed by atoms with Crippen molar-refractivity contribution in [2.45, 2.75) is 122 Å². The molecule has 1 saturated carbocycles. The number of rotatable bonds is 20. The first kappa shape index (κ1) is 34.4. The van der Waals surface area contributed by atoms with Gasteiger partial charge in [0.1, 0.15) is 23.4 Å². The van der Waals surface area contributed by atoms with Crippen molar-refractivity contribution in [2.75, 3.05) is 13.2 Å². The van der Waals surface area contributed by atoms with Gasteiger partial charge in [-0.15, -0.1) is 0 Å². The Morgan fingerprint density at radius 3 is 1.93 bits per heavy atom. The lowest BCUT2D eigenvalue weighted by Gasteiger charge is -2.28. The summed E-state index contributed by atoms with van der Waals surface area (Å²) in [4.78, 5) is 24.5. The van der Waals surface area contributed by atoms with E-state index >= 15 is 0 Å². The van der Waals surface area contributed by atoms with Gasteiger partial charge in [0.15, 0.2) is 6.17 Å². The second-order valence-corrected chi connectivity index (χ2v) is 11.7. The standard InChI is InChI=1S/C36H51FO6/c1-3-5-7-8-9-10-11-12-26-40-30-20-16-29(17-21-30)35(38)42-33-24-22-31(23-25-33)41-27-28-14-18-32(19-15-28)43-36(39)34(37)13-6-4-2/h16-17,20-25,28,32,34H,3-15,18-19,26-27H2,1-2H3/t28-,32-,34-/m0/s1. The predicted molar refractivity (Wildman–Crippen MR) is 168 cm³/mol. The molecule has 0 bridgehead atoms. The highest BCUT2D eigenvalue weighted by atomic mass is 19.1. The molecule has 0 unspecified atom stereocenters. The van der Waals surface area contributed by atoms with E-state index in [-0.39, 0.29) is 12.5 Å². The van der Waals surface area contributed by atoms with E-state index < -0.39 is 18.1 Å². The van der Waals surface area contributed by atoms with Gasteiger partial charge in [-0.2, -0.15) is 0 Å². The zero-order chi connectivity index (χ0) is 30.7. The summed E-state index contributed by atoms with van der Waals surface area (Å²) >= 11 is 0. The van der Waals surface area contributed by atoms with E-state index in [1.54, 1.807) is 48.5 Å². The van der Waals surface area contributed by atoms with Gasteiger partial charge in [-0.05, 0) is 93.0 Å². The minimum atomic E-state index is -1.52. The number of esters is 2. The fourth-order valence-corrected chi connectivity index (χ4v) is 5.25. The Bertz CT molecular complexity index is 1050. The summed E-state index contributed by atoms with van der Waals surface area (Å²) in [6, 6.07) is 14.1. The Morgan fingerprint density at radius 2 is 1.28 bits per heavy atom. The van der Waals surface area contributed by atoms with Crippen LogP contribution >= 0.6 is 0 Å². The summed E-state index contributed by atoms with van der Waals surface area (Å²) in [5.41, 5.74) is 0.462. The van der Waals surface area contributed by atoms with Gasteiger partial charge in [0, 0.05) is 0 Å². The zero-order valence-electron chi connectivity index (χ0n) is 26.2. The SMILES string of the molecule is CCCCCCCCCCOc1ccc(C(=O)Oc2ccc(OC[C@H]3CC[C@H](OC(=O)[C@@H](F)CCCC)CC3)cc2)cc1. The third-order valence-electron chi connectivity index (χ3n) is 8.02. The Labute approximate surface area is 257 Å². The molecule has 3 rings (SSSR count). The van der Waals surface area contributed by atoms with Crippen molar-refractivity contribution >= 4 is 11.9 Å². The molecule has 2 aromatic carbocycles. The molecule has 2 aromatic rings. The van der Waals surface area contributed by atoms with Gasteiger partial charge in [0.25, 0.3) is 0 Å². The summed E-state index contributed by atoms with van der Waals surface area (Å²) in [6.45, 7) is 5.45. The molecular weight excluding hydrogens is 547 g/mol. The molecule has 0 amide bonds. The lowest BCUT2D eigenvalue weighted by atomic mass is 9.88. The van der Waals surface area contributed by atoms with Crippen LogP contribution in [0.1, 0.15) is 121 Å². The van der Waals surface area contributed by atoms with E-state index in [0.29, 0.717) is 42.6 Å². The van der Waals surface area contributed by atoms with Crippen molar-refractivity contribution in [3.8, 4) is 17.2 Å². The number of hydrogen-bond donors (Lipinski definition) is 0. The fraction of sp³-hybridized carbons (Fsp3) is 0.611. The van der Waals surface area contributed by atoms with Crippen LogP contribution in [0.5, 0.6) is 17.2 Å². The Kier molecular flexibility index (Phi) is 16.0. The largest absolute Gasteiger partial charge is 0.494 e. The molecule has 6 nitrogen and oxygen atoms in total. The number of halogens is 1. The normalized spacial score (nSPS) is 17.2. The van der Waals surface area contributed by atoms with Crippen LogP contribution in [-0.2, 0) is 9.53 Å². The summed E-state index contributed by atoms with van der Waals surface area (Å²) in [6.07, 6.45) is 13.3. The smallest absolute Gasteiger partial charge is 0.343 e. The summed E-state index contributed by atoms with van der Waals surface area (Å²) in [5.74, 6) is 1.10. The van der Waals surface area contributed by atoms with Crippen LogP contribution in [0.25, 0.3) is 0 Å². The first-order valence-corrected chi connectivity index (χ1v) is 16.5. The van der Waals surface area contributed by atoms with E-state index in [1.807, 2.05) is 6.92 Å². The molecule has 0 radical (unpaired) electrons. The predicted octanol–water partition coefficient (Wildman–Crippen LogP) is 9.43. The van der Waals surface area contributed by atoms with Crippen LogP contribution in [0.2, 0.25) is 0 Å². The number of hydrogen-bond acceptors (Lipinski definition) is 6. The lowest BCUT2D eigenvalue weighted by Crippen LogP contribution is -2.30.